The maximum atomic E-state index is 12.0. The van der Waals surface area contributed by atoms with E-state index < -0.39 is 10.0 Å². The maximum Gasteiger partial charge on any atom is 0.283 e. The van der Waals surface area contributed by atoms with Gasteiger partial charge in [0.25, 0.3) is 10.0 Å². The van der Waals surface area contributed by atoms with Gasteiger partial charge < -0.3 is 4.57 Å². The highest BCUT2D eigenvalue weighted by Gasteiger charge is 2.22. The zero-order valence-electron chi connectivity index (χ0n) is 9.00. The molecule has 0 saturated carbocycles. The summed E-state index contributed by atoms with van der Waals surface area (Å²) in [6.07, 6.45) is 2.62. The van der Waals surface area contributed by atoms with Crippen molar-refractivity contribution in [2.24, 2.45) is 7.05 Å². The summed E-state index contributed by atoms with van der Waals surface area (Å²) in [6, 6.07) is 1.36. The summed E-state index contributed by atoms with van der Waals surface area (Å²) in [5.41, 5.74) is 0. The number of anilines is 1. The highest BCUT2D eigenvalue weighted by Crippen LogP contribution is 2.21. The molecule has 0 aromatic carbocycles. The Morgan fingerprint density at radius 2 is 2.06 bits per heavy atom. The van der Waals surface area contributed by atoms with Crippen LogP contribution in [0.2, 0.25) is 10.4 Å². The van der Waals surface area contributed by atoms with Crippen LogP contribution in [-0.4, -0.2) is 27.9 Å². The molecule has 0 atom stereocenters. The minimum Gasteiger partial charge on any atom is -0.324 e. The Labute approximate surface area is 113 Å². The van der Waals surface area contributed by atoms with Crippen LogP contribution >= 0.6 is 23.2 Å². The molecule has 0 saturated heterocycles. The van der Waals surface area contributed by atoms with Crippen molar-refractivity contribution in [1.82, 2.24) is 19.5 Å². The topological polar surface area (TPSA) is 89.8 Å². The van der Waals surface area contributed by atoms with Gasteiger partial charge in [0.05, 0.1) is 6.33 Å². The summed E-state index contributed by atoms with van der Waals surface area (Å²) in [4.78, 5) is 11.1. The van der Waals surface area contributed by atoms with Crippen LogP contribution in [0.25, 0.3) is 0 Å². The summed E-state index contributed by atoms with van der Waals surface area (Å²) in [7, 11) is -2.32. The monoisotopic (exact) mass is 307 g/mol. The second-order valence-electron chi connectivity index (χ2n) is 3.27. The fourth-order valence-electron chi connectivity index (χ4n) is 1.15. The summed E-state index contributed by atoms with van der Waals surface area (Å²) in [5.74, 6) is 0.0386. The number of sulfonamides is 1. The van der Waals surface area contributed by atoms with Crippen molar-refractivity contribution in [1.29, 1.82) is 0 Å². The molecule has 0 aliphatic heterocycles. The number of hydrogen-bond donors (Lipinski definition) is 1. The Bertz CT molecular complexity index is 685. The number of aromatic nitrogens is 4. The van der Waals surface area contributed by atoms with E-state index in [0.29, 0.717) is 0 Å². The van der Waals surface area contributed by atoms with Crippen LogP contribution in [0, 0.1) is 0 Å². The first kappa shape index (κ1) is 13.1. The van der Waals surface area contributed by atoms with Crippen molar-refractivity contribution >= 4 is 39.0 Å². The van der Waals surface area contributed by atoms with Crippen molar-refractivity contribution in [3.63, 3.8) is 0 Å². The van der Waals surface area contributed by atoms with Crippen LogP contribution in [0.15, 0.2) is 23.6 Å². The van der Waals surface area contributed by atoms with Gasteiger partial charge in [0.2, 0.25) is 10.3 Å². The average Bonchev–Trinajstić information content (AvgIpc) is 2.59. The number of nitrogens with zero attached hydrogens (tertiary/aromatic N) is 4. The molecule has 2 aromatic heterocycles. The maximum absolute atomic E-state index is 12.0. The highest BCUT2D eigenvalue weighted by atomic mass is 35.5. The van der Waals surface area contributed by atoms with E-state index in [0.717, 1.165) is 0 Å². The first-order valence-corrected chi connectivity index (χ1v) is 6.82. The van der Waals surface area contributed by atoms with Crippen LogP contribution < -0.4 is 4.72 Å². The third-order valence-corrected chi connectivity index (χ3v) is 3.98. The first-order valence-electron chi connectivity index (χ1n) is 4.58. The molecule has 10 heteroatoms. The number of halogens is 2. The van der Waals surface area contributed by atoms with Gasteiger partial charge in [-0.2, -0.15) is 13.4 Å². The standard InChI is InChI=1S/C8H7Cl2N5O2S/c1-15-4-12-7(6(15)9)18(16,17)14-5-2-3-11-8(10)13-5/h2-4H,1H3,(H,11,13,14). The average molecular weight is 308 g/mol. The lowest BCUT2D eigenvalue weighted by Gasteiger charge is -2.05. The number of nitrogens with one attached hydrogen (secondary N) is 1. The van der Waals surface area contributed by atoms with E-state index in [1.54, 1.807) is 7.05 Å². The lowest BCUT2D eigenvalue weighted by Crippen LogP contribution is -2.15. The van der Waals surface area contributed by atoms with E-state index in [2.05, 4.69) is 19.7 Å². The Morgan fingerprint density at radius 1 is 1.33 bits per heavy atom. The van der Waals surface area contributed by atoms with Gasteiger partial charge in [0.15, 0.2) is 0 Å². The zero-order valence-corrected chi connectivity index (χ0v) is 11.3. The zero-order chi connectivity index (χ0) is 13.3. The number of hydrogen-bond acceptors (Lipinski definition) is 5. The molecule has 96 valence electrons. The Morgan fingerprint density at radius 3 is 2.61 bits per heavy atom. The Hall–Kier alpha value is -1.38. The normalized spacial score (nSPS) is 11.5. The largest absolute Gasteiger partial charge is 0.324 e. The van der Waals surface area contributed by atoms with Crippen molar-refractivity contribution in [2.45, 2.75) is 5.03 Å². The third-order valence-electron chi connectivity index (χ3n) is 1.95. The second kappa shape index (κ2) is 4.71. The molecule has 0 fully saturated rings. The van der Waals surface area contributed by atoms with E-state index in [1.165, 1.54) is 23.2 Å². The molecule has 2 aromatic rings. The second-order valence-corrected chi connectivity index (χ2v) is 5.56. The number of imidazole rings is 1. The van der Waals surface area contributed by atoms with Crippen LogP contribution in [0.3, 0.4) is 0 Å². The number of rotatable bonds is 3. The first-order chi connectivity index (χ1) is 8.40. The molecular formula is C8H7Cl2N5O2S. The van der Waals surface area contributed by atoms with Crippen LogP contribution in [0.1, 0.15) is 0 Å². The number of aryl methyl sites for hydroxylation is 1. The predicted octanol–water partition coefficient (Wildman–Crippen LogP) is 1.32. The molecule has 0 unspecified atom stereocenters. The molecule has 7 nitrogen and oxygen atoms in total. The van der Waals surface area contributed by atoms with E-state index in [4.69, 9.17) is 23.2 Å². The van der Waals surface area contributed by atoms with Gasteiger partial charge in [-0.3, -0.25) is 4.72 Å². The molecule has 2 heterocycles. The van der Waals surface area contributed by atoms with Gasteiger partial charge in [0, 0.05) is 13.2 Å². The third kappa shape index (κ3) is 2.55. The quantitative estimate of drug-likeness (QED) is 0.864. The molecule has 0 aliphatic carbocycles. The highest BCUT2D eigenvalue weighted by molar-refractivity contribution is 7.92. The van der Waals surface area contributed by atoms with Crippen molar-refractivity contribution in [2.75, 3.05) is 4.72 Å². The van der Waals surface area contributed by atoms with Gasteiger partial charge in [-0.05, 0) is 17.7 Å². The van der Waals surface area contributed by atoms with E-state index in [-0.39, 0.29) is 21.3 Å². The fraction of sp³-hybridized carbons (Fsp3) is 0.125. The van der Waals surface area contributed by atoms with Gasteiger partial charge in [-0.1, -0.05) is 11.6 Å². The molecule has 0 radical (unpaired) electrons. The molecule has 0 spiro atoms. The van der Waals surface area contributed by atoms with Gasteiger partial charge in [-0.15, -0.1) is 0 Å². The molecule has 1 N–H and O–H groups in total. The van der Waals surface area contributed by atoms with Crippen molar-refractivity contribution < 1.29 is 8.42 Å². The molecule has 0 amide bonds. The smallest absolute Gasteiger partial charge is 0.283 e. The van der Waals surface area contributed by atoms with E-state index in [1.807, 2.05) is 0 Å². The Kier molecular flexibility index (Phi) is 3.42. The SMILES string of the molecule is Cn1cnc(S(=O)(=O)Nc2ccnc(Cl)n2)c1Cl. The fourth-order valence-corrected chi connectivity index (χ4v) is 2.73. The summed E-state index contributed by atoms with van der Waals surface area (Å²) >= 11 is 11.4. The minimum atomic E-state index is -3.90. The van der Waals surface area contributed by atoms with E-state index >= 15 is 0 Å². The molecule has 2 rings (SSSR count). The van der Waals surface area contributed by atoms with Crippen molar-refractivity contribution in [3.05, 3.63) is 29.0 Å². The lowest BCUT2D eigenvalue weighted by molar-refractivity contribution is 0.598. The summed E-state index contributed by atoms with van der Waals surface area (Å²) in [6.45, 7) is 0. The van der Waals surface area contributed by atoms with Crippen molar-refractivity contribution in [3.8, 4) is 0 Å². The lowest BCUT2D eigenvalue weighted by atomic mass is 10.6. The molecule has 0 aliphatic rings. The molecule has 18 heavy (non-hydrogen) atoms. The van der Waals surface area contributed by atoms with Crippen LogP contribution in [0.4, 0.5) is 5.82 Å². The van der Waals surface area contributed by atoms with Crippen LogP contribution in [-0.2, 0) is 17.1 Å². The van der Waals surface area contributed by atoms with E-state index in [9.17, 15) is 8.42 Å². The van der Waals surface area contributed by atoms with Gasteiger partial charge >= 0.3 is 0 Å². The Balaban J connectivity index is 2.36. The summed E-state index contributed by atoms with van der Waals surface area (Å²) < 4.78 is 27.5. The molecule has 0 bridgehead atoms. The van der Waals surface area contributed by atoms with Crippen LogP contribution in [0.5, 0.6) is 0 Å². The van der Waals surface area contributed by atoms with Gasteiger partial charge in [-0.25, -0.2) is 9.97 Å². The van der Waals surface area contributed by atoms with Gasteiger partial charge in [0.1, 0.15) is 11.0 Å². The minimum absolute atomic E-state index is 0.00246. The molecular weight excluding hydrogens is 301 g/mol. The summed E-state index contributed by atoms with van der Waals surface area (Å²) in [5, 5.41) is -0.341. The predicted molar refractivity (Wildman–Crippen MR) is 66.1 cm³/mol.